The number of carbonyl (C=O) groups is 1. The van der Waals surface area contributed by atoms with Crippen LogP contribution in [0.25, 0.3) is 11.4 Å². The number of aromatic nitrogens is 2. The number of rotatable bonds is 3. The molecule has 140 valence electrons. The summed E-state index contributed by atoms with van der Waals surface area (Å²) in [4.78, 5) is 16.0. The molecule has 27 heavy (non-hydrogen) atoms. The topological polar surface area (TPSA) is 46.9 Å². The zero-order valence-corrected chi connectivity index (χ0v) is 13.8. The third-order valence-electron chi connectivity index (χ3n) is 3.78. The molecular formula is C18H12F5N3O. The molecule has 1 aromatic heterocycles. The minimum Gasteiger partial charge on any atom is -0.323 e. The van der Waals surface area contributed by atoms with Crippen molar-refractivity contribution in [3.05, 3.63) is 71.6 Å². The first-order valence-electron chi connectivity index (χ1n) is 7.63. The highest BCUT2D eigenvalue weighted by Crippen LogP contribution is 2.34. The van der Waals surface area contributed by atoms with Gasteiger partial charge < -0.3 is 9.88 Å². The fraction of sp³-hybridized carbons (Fsp3) is 0.111. The van der Waals surface area contributed by atoms with Crippen molar-refractivity contribution in [2.75, 3.05) is 5.32 Å². The normalized spacial score (nSPS) is 11.5. The first-order chi connectivity index (χ1) is 12.7. The second-order valence-corrected chi connectivity index (χ2v) is 5.66. The number of alkyl halides is 3. The minimum absolute atomic E-state index is 0.124. The Morgan fingerprint density at radius 2 is 1.48 bits per heavy atom. The molecule has 0 aliphatic heterocycles. The van der Waals surface area contributed by atoms with E-state index in [0.717, 1.165) is 28.8 Å². The zero-order valence-electron chi connectivity index (χ0n) is 13.8. The van der Waals surface area contributed by atoms with Gasteiger partial charge in [0.1, 0.15) is 23.2 Å². The SMILES string of the molecule is Cn1c(-c2ccc(F)cc2)nc(C(F)(F)F)c1C(=O)Nc1ccc(F)cc1. The molecular weight excluding hydrogens is 369 g/mol. The first kappa shape index (κ1) is 18.6. The van der Waals surface area contributed by atoms with E-state index in [-0.39, 0.29) is 17.1 Å². The third kappa shape index (κ3) is 3.81. The molecule has 0 unspecified atom stereocenters. The van der Waals surface area contributed by atoms with Gasteiger partial charge in [-0.2, -0.15) is 13.2 Å². The maximum absolute atomic E-state index is 13.4. The lowest BCUT2D eigenvalue weighted by atomic mass is 10.2. The summed E-state index contributed by atoms with van der Waals surface area (Å²) in [7, 11) is 1.25. The summed E-state index contributed by atoms with van der Waals surface area (Å²) in [6.07, 6.45) is -4.88. The van der Waals surface area contributed by atoms with Crippen LogP contribution >= 0.6 is 0 Å². The number of halogens is 5. The molecule has 0 spiro atoms. The van der Waals surface area contributed by atoms with Crippen molar-refractivity contribution in [1.82, 2.24) is 9.55 Å². The minimum atomic E-state index is -4.88. The number of carbonyl (C=O) groups excluding carboxylic acids is 1. The summed E-state index contributed by atoms with van der Waals surface area (Å²) in [5, 5.41) is 2.29. The Balaban J connectivity index is 2.06. The van der Waals surface area contributed by atoms with Crippen molar-refractivity contribution in [3.8, 4) is 11.4 Å². The van der Waals surface area contributed by atoms with Crippen molar-refractivity contribution < 1.29 is 26.7 Å². The molecule has 0 bridgehead atoms. The summed E-state index contributed by atoms with van der Waals surface area (Å²) in [5.74, 6) is -2.31. The zero-order chi connectivity index (χ0) is 19.8. The van der Waals surface area contributed by atoms with Crippen molar-refractivity contribution in [2.24, 2.45) is 7.05 Å². The first-order valence-corrected chi connectivity index (χ1v) is 7.63. The van der Waals surface area contributed by atoms with Gasteiger partial charge in [-0.1, -0.05) is 0 Å². The van der Waals surface area contributed by atoms with E-state index < -0.39 is 35.1 Å². The van der Waals surface area contributed by atoms with Crippen LogP contribution in [0.2, 0.25) is 0 Å². The maximum atomic E-state index is 13.4. The van der Waals surface area contributed by atoms with E-state index in [1.165, 1.54) is 31.3 Å². The molecule has 0 fully saturated rings. The van der Waals surface area contributed by atoms with E-state index in [2.05, 4.69) is 10.3 Å². The summed E-state index contributed by atoms with van der Waals surface area (Å²) in [6.45, 7) is 0. The third-order valence-corrected chi connectivity index (χ3v) is 3.78. The van der Waals surface area contributed by atoms with Crippen LogP contribution in [0, 0.1) is 11.6 Å². The quantitative estimate of drug-likeness (QED) is 0.672. The molecule has 3 aromatic rings. The van der Waals surface area contributed by atoms with E-state index in [0.29, 0.717) is 0 Å². The van der Waals surface area contributed by atoms with E-state index >= 15 is 0 Å². The van der Waals surface area contributed by atoms with Gasteiger partial charge in [0.15, 0.2) is 5.69 Å². The largest absolute Gasteiger partial charge is 0.435 e. The molecule has 0 aliphatic rings. The lowest BCUT2D eigenvalue weighted by Crippen LogP contribution is -2.21. The molecule has 1 N–H and O–H groups in total. The van der Waals surface area contributed by atoms with Crippen LogP contribution in [-0.4, -0.2) is 15.5 Å². The van der Waals surface area contributed by atoms with E-state index in [9.17, 15) is 26.7 Å². The summed E-state index contributed by atoms with van der Waals surface area (Å²) < 4.78 is 67.2. The van der Waals surface area contributed by atoms with Gasteiger partial charge in [0.25, 0.3) is 5.91 Å². The number of nitrogens with one attached hydrogen (secondary N) is 1. The van der Waals surface area contributed by atoms with Crippen LogP contribution in [0.1, 0.15) is 16.2 Å². The Labute approximate surface area is 150 Å². The Bertz CT molecular complexity index is 976. The molecule has 9 heteroatoms. The second-order valence-electron chi connectivity index (χ2n) is 5.66. The lowest BCUT2D eigenvalue weighted by Gasteiger charge is -2.10. The van der Waals surface area contributed by atoms with Gasteiger partial charge in [-0.3, -0.25) is 4.79 Å². The smallest absolute Gasteiger partial charge is 0.323 e. The van der Waals surface area contributed by atoms with Gasteiger partial charge in [-0.05, 0) is 48.5 Å². The van der Waals surface area contributed by atoms with Crippen LogP contribution in [0.15, 0.2) is 48.5 Å². The van der Waals surface area contributed by atoms with E-state index in [1.807, 2.05) is 0 Å². The second kappa shape index (κ2) is 6.82. The monoisotopic (exact) mass is 381 g/mol. The Morgan fingerprint density at radius 3 is 2.00 bits per heavy atom. The highest BCUT2D eigenvalue weighted by Gasteiger charge is 2.41. The fourth-order valence-corrected chi connectivity index (χ4v) is 2.54. The molecule has 0 aliphatic carbocycles. The number of hydrogen-bond acceptors (Lipinski definition) is 2. The highest BCUT2D eigenvalue weighted by atomic mass is 19.4. The van der Waals surface area contributed by atoms with Crippen LogP contribution in [0.5, 0.6) is 0 Å². The molecule has 1 amide bonds. The van der Waals surface area contributed by atoms with Gasteiger partial charge >= 0.3 is 6.18 Å². The van der Waals surface area contributed by atoms with Gasteiger partial charge in [0, 0.05) is 18.3 Å². The summed E-state index contributed by atoms with van der Waals surface area (Å²) >= 11 is 0. The average Bonchev–Trinajstić information content (AvgIpc) is 2.95. The molecule has 0 saturated heterocycles. The maximum Gasteiger partial charge on any atom is 0.435 e. The molecule has 2 aromatic carbocycles. The van der Waals surface area contributed by atoms with Gasteiger partial charge in [-0.15, -0.1) is 0 Å². The van der Waals surface area contributed by atoms with Crippen LogP contribution in [0.3, 0.4) is 0 Å². The number of hydrogen-bond donors (Lipinski definition) is 1. The van der Waals surface area contributed by atoms with E-state index in [4.69, 9.17) is 0 Å². The van der Waals surface area contributed by atoms with Crippen LogP contribution in [-0.2, 0) is 13.2 Å². The predicted molar refractivity (Wildman–Crippen MR) is 88.0 cm³/mol. The number of anilines is 1. The predicted octanol–water partition coefficient (Wildman–Crippen LogP) is 4.64. The molecule has 0 radical (unpaired) electrons. The van der Waals surface area contributed by atoms with E-state index in [1.54, 1.807) is 0 Å². The molecule has 4 nitrogen and oxygen atoms in total. The Hall–Kier alpha value is -3.23. The summed E-state index contributed by atoms with van der Waals surface area (Å²) in [5.41, 5.74) is -1.75. The van der Waals surface area contributed by atoms with Gasteiger partial charge in [-0.25, -0.2) is 13.8 Å². The van der Waals surface area contributed by atoms with Crippen LogP contribution in [0.4, 0.5) is 27.6 Å². The lowest BCUT2D eigenvalue weighted by molar-refractivity contribution is -0.141. The van der Waals surface area contributed by atoms with Crippen LogP contribution < -0.4 is 5.32 Å². The van der Waals surface area contributed by atoms with Crippen molar-refractivity contribution in [3.63, 3.8) is 0 Å². The number of amides is 1. The standard InChI is InChI=1S/C18H12F5N3O/c1-26-14(17(27)24-13-8-6-12(20)7-9-13)15(18(21,22)23)25-16(26)10-2-4-11(19)5-3-10/h2-9H,1H3,(H,24,27). The van der Waals surface area contributed by atoms with Gasteiger partial charge in [0.05, 0.1) is 0 Å². The van der Waals surface area contributed by atoms with Crippen molar-refractivity contribution >= 4 is 11.6 Å². The molecule has 1 heterocycles. The number of imidazole rings is 1. The fourth-order valence-electron chi connectivity index (χ4n) is 2.54. The molecule has 0 saturated carbocycles. The Morgan fingerprint density at radius 1 is 0.963 bits per heavy atom. The number of benzene rings is 2. The highest BCUT2D eigenvalue weighted by molar-refractivity contribution is 6.04. The van der Waals surface area contributed by atoms with Gasteiger partial charge in [0.2, 0.25) is 0 Å². The average molecular weight is 381 g/mol. The molecule has 3 rings (SSSR count). The Kier molecular flexibility index (Phi) is 4.69. The van der Waals surface area contributed by atoms with Crippen molar-refractivity contribution in [1.29, 1.82) is 0 Å². The van der Waals surface area contributed by atoms with Crippen molar-refractivity contribution in [2.45, 2.75) is 6.18 Å². The molecule has 0 atom stereocenters. The summed E-state index contributed by atoms with van der Waals surface area (Å²) in [6, 6.07) is 9.25. The number of nitrogens with zero attached hydrogens (tertiary/aromatic N) is 2.